The molecule has 8 heteroatoms. The van der Waals surface area contributed by atoms with Crippen LogP contribution < -0.4 is 16.0 Å². The van der Waals surface area contributed by atoms with Gasteiger partial charge in [0.1, 0.15) is 0 Å². The van der Waals surface area contributed by atoms with Crippen molar-refractivity contribution in [2.45, 2.75) is 58.3 Å². The molecule has 0 aliphatic carbocycles. The van der Waals surface area contributed by atoms with Gasteiger partial charge in [0.2, 0.25) is 0 Å². The molecule has 1 fully saturated rings. The Morgan fingerprint density at radius 3 is 2.43 bits per heavy atom. The second kappa shape index (κ2) is 17.7. The molecule has 0 spiro atoms. The number of carbonyl (C=O) groups is 1. The third-order valence-electron chi connectivity index (χ3n) is 4.69. The largest absolute Gasteiger partial charge is 0.381 e. The van der Waals surface area contributed by atoms with Crippen molar-refractivity contribution in [2.24, 2.45) is 0 Å². The minimum absolute atomic E-state index is 0.0293. The first-order valence-corrected chi connectivity index (χ1v) is 11.0. The maximum absolute atomic E-state index is 11.7. The van der Waals surface area contributed by atoms with Gasteiger partial charge >= 0.3 is 6.03 Å². The number of carbonyl (C=O) groups excluding carboxylic acids is 1. The number of amides is 2. The topological polar surface area (TPSA) is 98.7 Å². The van der Waals surface area contributed by atoms with Crippen molar-refractivity contribution < 1.29 is 14.3 Å². The molecule has 0 aromatic rings. The molecule has 1 aliphatic rings. The number of hydrogen-bond acceptors (Lipinski definition) is 5. The summed E-state index contributed by atoms with van der Waals surface area (Å²) in [5.41, 5.74) is 0. The third-order valence-corrected chi connectivity index (χ3v) is 4.69. The Morgan fingerprint density at radius 1 is 0.964 bits per heavy atom. The molecule has 28 heavy (non-hydrogen) atoms. The molecule has 1 rings (SSSR count). The summed E-state index contributed by atoms with van der Waals surface area (Å²) in [5, 5.41) is 15.9. The minimum Gasteiger partial charge on any atom is -0.381 e. The van der Waals surface area contributed by atoms with E-state index < -0.39 is 0 Å². The van der Waals surface area contributed by atoms with E-state index in [1.807, 2.05) is 0 Å². The van der Waals surface area contributed by atoms with Gasteiger partial charge in [-0.15, -0.1) is 0 Å². The zero-order chi connectivity index (χ0) is 20.3. The van der Waals surface area contributed by atoms with E-state index in [1.54, 1.807) is 0 Å². The van der Waals surface area contributed by atoms with Crippen LogP contribution in [0.4, 0.5) is 4.79 Å². The number of urea groups is 1. The van der Waals surface area contributed by atoms with E-state index in [-0.39, 0.29) is 12.0 Å². The van der Waals surface area contributed by atoms with E-state index in [4.69, 9.17) is 14.9 Å². The fourth-order valence-corrected chi connectivity index (χ4v) is 3.01. The Hall–Kier alpha value is -1.38. The zero-order valence-electron chi connectivity index (χ0n) is 17.7. The van der Waals surface area contributed by atoms with E-state index in [0.29, 0.717) is 19.7 Å². The van der Waals surface area contributed by atoms with Crippen LogP contribution in [0, 0.1) is 5.41 Å². The van der Waals surface area contributed by atoms with Gasteiger partial charge in [0.25, 0.3) is 0 Å². The number of nitrogens with zero attached hydrogens (tertiary/aromatic N) is 1. The number of rotatable bonds is 15. The van der Waals surface area contributed by atoms with Crippen LogP contribution in [0.2, 0.25) is 0 Å². The third kappa shape index (κ3) is 14.6. The van der Waals surface area contributed by atoms with Gasteiger partial charge < -0.3 is 20.1 Å². The lowest BCUT2D eigenvalue weighted by Crippen LogP contribution is -2.46. The van der Waals surface area contributed by atoms with E-state index in [9.17, 15) is 4.79 Å². The maximum atomic E-state index is 11.7. The van der Waals surface area contributed by atoms with Gasteiger partial charge in [-0.05, 0) is 25.8 Å². The molecule has 0 unspecified atom stereocenters. The highest BCUT2D eigenvalue weighted by Gasteiger charge is 2.09. The van der Waals surface area contributed by atoms with Gasteiger partial charge in [-0.2, -0.15) is 0 Å². The lowest BCUT2D eigenvalue weighted by molar-refractivity contribution is 0.0375. The van der Waals surface area contributed by atoms with Gasteiger partial charge in [0, 0.05) is 39.4 Å². The van der Waals surface area contributed by atoms with Crippen molar-refractivity contribution in [1.29, 1.82) is 5.41 Å². The van der Waals surface area contributed by atoms with Crippen molar-refractivity contribution in [3.05, 3.63) is 0 Å². The first-order valence-electron chi connectivity index (χ1n) is 11.0. The molecule has 1 heterocycles. The fraction of sp³-hybridized carbons (Fsp3) is 0.900. The van der Waals surface area contributed by atoms with Crippen LogP contribution in [0.15, 0.2) is 0 Å². The van der Waals surface area contributed by atoms with Crippen molar-refractivity contribution in [2.75, 3.05) is 59.2 Å². The van der Waals surface area contributed by atoms with Crippen molar-refractivity contribution in [3.63, 3.8) is 0 Å². The molecule has 0 saturated carbocycles. The molecule has 0 bridgehead atoms. The number of morpholine rings is 1. The summed E-state index contributed by atoms with van der Waals surface area (Å²) in [5.74, 6) is 0.0293. The summed E-state index contributed by atoms with van der Waals surface area (Å²) in [6.07, 6.45) is 9.33. The standard InChI is InChI=1S/C20H41N5O3/c1-2-3-4-5-6-7-15-27-16-9-11-22-19(21)24-20(26)23-10-8-12-25-13-17-28-18-14-25/h2-18H2,1H3,(H4,21,22,23,24,26). The van der Waals surface area contributed by atoms with Gasteiger partial charge in [-0.3, -0.25) is 15.6 Å². The number of unbranched alkanes of at least 4 members (excludes halogenated alkanes) is 5. The highest BCUT2D eigenvalue weighted by molar-refractivity contribution is 5.94. The lowest BCUT2D eigenvalue weighted by Gasteiger charge is -2.26. The molecule has 2 amide bonds. The summed E-state index contributed by atoms with van der Waals surface area (Å²) < 4.78 is 10.9. The van der Waals surface area contributed by atoms with Crippen LogP contribution in [0.3, 0.4) is 0 Å². The molecule has 164 valence electrons. The molecule has 1 saturated heterocycles. The van der Waals surface area contributed by atoms with Crippen LogP contribution in [0.1, 0.15) is 58.3 Å². The predicted molar refractivity (Wildman–Crippen MR) is 113 cm³/mol. The molecule has 1 aliphatic heterocycles. The van der Waals surface area contributed by atoms with Crippen LogP contribution >= 0.6 is 0 Å². The normalized spacial score (nSPS) is 14.6. The Kier molecular flexibility index (Phi) is 15.6. The Bertz CT molecular complexity index is 403. The lowest BCUT2D eigenvalue weighted by atomic mass is 10.1. The quantitative estimate of drug-likeness (QED) is 0.192. The van der Waals surface area contributed by atoms with Crippen LogP contribution in [0.25, 0.3) is 0 Å². The van der Waals surface area contributed by atoms with Crippen molar-refractivity contribution >= 4 is 12.0 Å². The Balaban J connectivity index is 1.84. The predicted octanol–water partition coefficient (Wildman–Crippen LogP) is 2.30. The number of hydrogen-bond donors (Lipinski definition) is 4. The van der Waals surface area contributed by atoms with Gasteiger partial charge in [0.15, 0.2) is 5.96 Å². The zero-order valence-corrected chi connectivity index (χ0v) is 17.7. The summed E-state index contributed by atoms with van der Waals surface area (Å²) >= 11 is 0. The highest BCUT2D eigenvalue weighted by atomic mass is 16.5. The fourth-order valence-electron chi connectivity index (χ4n) is 3.01. The Labute approximate surface area is 170 Å². The summed E-state index contributed by atoms with van der Waals surface area (Å²) in [6, 6.07) is -0.334. The minimum atomic E-state index is -0.334. The molecule has 0 radical (unpaired) electrons. The smallest absolute Gasteiger partial charge is 0.321 e. The van der Waals surface area contributed by atoms with Crippen molar-refractivity contribution in [3.8, 4) is 0 Å². The summed E-state index contributed by atoms with van der Waals surface area (Å²) in [7, 11) is 0. The Morgan fingerprint density at radius 2 is 1.64 bits per heavy atom. The van der Waals surface area contributed by atoms with E-state index in [0.717, 1.165) is 58.7 Å². The maximum Gasteiger partial charge on any atom is 0.321 e. The molecular formula is C20H41N5O3. The van der Waals surface area contributed by atoms with E-state index in [2.05, 4.69) is 27.8 Å². The second-order valence-electron chi connectivity index (χ2n) is 7.22. The van der Waals surface area contributed by atoms with Crippen LogP contribution in [-0.4, -0.2) is 76.0 Å². The van der Waals surface area contributed by atoms with Gasteiger partial charge in [0.05, 0.1) is 13.2 Å². The highest BCUT2D eigenvalue weighted by Crippen LogP contribution is 2.04. The number of ether oxygens (including phenoxy) is 2. The monoisotopic (exact) mass is 399 g/mol. The number of guanidine groups is 1. The van der Waals surface area contributed by atoms with Crippen molar-refractivity contribution in [1.82, 2.24) is 20.9 Å². The summed E-state index contributed by atoms with van der Waals surface area (Å²) in [4.78, 5) is 14.1. The SMILES string of the molecule is CCCCCCCCOCCCNC(=N)NC(=O)NCCCN1CCOCC1. The molecule has 0 atom stereocenters. The molecule has 0 aromatic heterocycles. The first-order chi connectivity index (χ1) is 13.7. The first kappa shape index (κ1) is 24.7. The van der Waals surface area contributed by atoms with Gasteiger partial charge in [-0.1, -0.05) is 39.0 Å². The summed E-state index contributed by atoms with van der Waals surface area (Å²) in [6.45, 7) is 9.41. The number of nitrogens with one attached hydrogen (secondary N) is 4. The molecular weight excluding hydrogens is 358 g/mol. The average Bonchev–Trinajstić information content (AvgIpc) is 2.70. The molecule has 8 nitrogen and oxygen atoms in total. The molecule has 0 aromatic carbocycles. The second-order valence-corrected chi connectivity index (χ2v) is 7.22. The van der Waals surface area contributed by atoms with E-state index in [1.165, 1.54) is 32.1 Å². The van der Waals surface area contributed by atoms with Gasteiger partial charge in [-0.25, -0.2) is 4.79 Å². The van der Waals surface area contributed by atoms with Crippen LogP contribution in [-0.2, 0) is 9.47 Å². The van der Waals surface area contributed by atoms with E-state index >= 15 is 0 Å². The molecule has 4 N–H and O–H groups in total. The average molecular weight is 400 g/mol. The van der Waals surface area contributed by atoms with Crippen LogP contribution in [0.5, 0.6) is 0 Å².